The summed E-state index contributed by atoms with van der Waals surface area (Å²) in [6, 6.07) is 7.39. The van der Waals surface area contributed by atoms with Crippen molar-refractivity contribution in [3.05, 3.63) is 29.8 Å². The van der Waals surface area contributed by atoms with Gasteiger partial charge in [0.15, 0.2) is 0 Å². The van der Waals surface area contributed by atoms with E-state index in [1.54, 1.807) is 12.1 Å². The molecular weight excluding hydrogens is 186 g/mol. The van der Waals surface area contributed by atoms with Crippen molar-refractivity contribution in [2.45, 2.75) is 32.6 Å². The summed E-state index contributed by atoms with van der Waals surface area (Å²) < 4.78 is 0. The molecule has 0 aliphatic carbocycles. The summed E-state index contributed by atoms with van der Waals surface area (Å²) in [5.41, 5.74) is 1.68. The first-order valence-corrected chi connectivity index (χ1v) is 5.59. The number of carbonyl (C=O) groups excluding carboxylic acids is 1. The van der Waals surface area contributed by atoms with Crippen molar-refractivity contribution in [1.82, 2.24) is 0 Å². The molecule has 1 aromatic rings. The van der Waals surface area contributed by atoms with Crippen molar-refractivity contribution in [2.24, 2.45) is 0 Å². The van der Waals surface area contributed by atoms with Gasteiger partial charge in [0.05, 0.1) is 0 Å². The predicted molar refractivity (Wildman–Crippen MR) is 63.9 cm³/mol. The second-order valence-corrected chi connectivity index (χ2v) is 3.67. The molecule has 0 aliphatic rings. The Morgan fingerprint density at radius 3 is 2.47 bits per heavy atom. The third-order valence-electron chi connectivity index (χ3n) is 2.36. The lowest BCUT2D eigenvalue weighted by Gasteiger charge is -2.05. The monoisotopic (exact) mass is 204 g/mol. The second-order valence-electron chi connectivity index (χ2n) is 3.67. The van der Waals surface area contributed by atoms with Crippen molar-refractivity contribution < 1.29 is 4.79 Å². The molecule has 0 amide bonds. The molecule has 1 rings (SSSR count). The summed E-state index contributed by atoms with van der Waals surface area (Å²) in [5.74, 6) is 0. The van der Waals surface area contributed by atoms with Gasteiger partial charge in [0, 0.05) is 17.8 Å². The molecule has 0 heterocycles. The zero-order chi connectivity index (χ0) is 10.9. The first-order chi connectivity index (χ1) is 7.36. The van der Waals surface area contributed by atoms with Gasteiger partial charge in [-0.1, -0.05) is 26.2 Å². The van der Waals surface area contributed by atoms with E-state index in [9.17, 15) is 4.79 Å². The van der Waals surface area contributed by atoms with Gasteiger partial charge >= 0.3 is 0 Å². The van der Waals surface area contributed by atoms with Crippen LogP contribution < -0.4 is 5.32 Å². The largest absolute Gasteiger partial charge is 0.385 e. The Morgan fingerprint density at radius 2 is 1.87 bits per heavy atom. The molecule has 0 atom stereocenters. The highest BCUT2D eigenvalue weighted by Crippen LogP contribution is 2.08. The summed E-state index contributed by atoms with van der Waals surface area (Å²) in [5, 5.41) is 3.33. The number of unbranched alkanes of at least 4 members (excludes halogenated alkanes) is 3. The molecule has 0 fully saturated rings. The maximum atomic E-state index is 10.3. The molecule has 1 N–H and O–H groups in total. The van der Waals surface area contributed by atoms with E-state index in [0.717, 1.165) is 12.2 Å². The van der Waals surface area contributed by atoms with E-state index in [1.807, 2.05) is 18.4 Å². The molecular formula is C13H18NO. The molecule has 0 unspecified atom stereocenters. The van der Waals surface area contributed by atoms with Crippen molar-refractivity contribution >= 4 is 12.0 Å². The van der Waals surface area contributed by atoms with Gasteiger partial charge < -0.3 is 5.32 Å². The fourth-order valence-electron chi connectivity index (χ4n) is 1.44. The molecule has 0 saturated heterocycles. The number of rotatable bonds is 7. The number of nitrogens with one attached hydrogen (secondary N) is 1. The molecule has 1 radical (unpaired) electrons. The maximum Gasteiger partial charge on any atom is 0.233 e. The van der Waals surface area contributed by atoms with Gasteiger partial charge in [-0.15, -0.1) is 0 Å². The number of benzene rings is 1. The minimum absolute atomic E-state index is 0.603. The molecule has 2 nitrogen and oxygen atoms in total. The van der Waals surface area contributed by atoms with Gasteiger partial charge in [-0.3, -0.25) is 4.79 Å². The van der Waals surface area contributed by atoms with Crippen molar-refractivity contribution in [2.75, 3.05) is 11.9 Å². The fraction of sp³-hybridized carbons (Fsp3) is 0.462. The molecule has 0 bridgehead atoms. The minimum Gasteiger partial charge on any atom is -0.385 e. The predicted octanol–water partition coefficient (Wildman–Crippen LogP) is 3.14. The Balaban J connectivity index is 2.22. The van der Waals surface area contributed by atoms with Gasteiger partial charge in [-0.05, 0) is 30.7 Å². The lowest BCUT2D eigenvalue weighted by Crippen LogP contribution is -2.01. The van der Waals surface area contributed by atoms with E-state index in [4.69, 9.17) is 0 Å². The summed E-state index contributed by atoms with van der Waals surface area (Å²) in [7, 11) is 0. The molecule has 0 aromatic heterocycles. The summed E-state index contributed by atoms with van der Waals surface area (Å²) >= 11 is 0. The van der Waals surface area contributed by atoms with Crippen LogP contribution in [0.1, 0.15) is 38.2 Å². The van der Waals surface area contributed by atoms with Crippen LogP contribution in [-0.2, 0) is 4.79 Å². The number of hydrogen-bond donors (Lipinski definition) is 1. The van der Waals surface area contributed by atoms with E-state index in [0.29, 0.717) is 5.56 Å². The van der Waals surface area contributed by atoms with E-state index >= 15 is 0 Å². The van der Waals surface area contributed by atoms with Gasteiger partial charge in [0.2, 0.25) is 6.29 Å². The van der Waals surface area contributed by atoms with Gasteiger partial charge in [0.1, 0.15) is 0 Å². The molecule has 0 spiro atoms. The molecule has 15 heavy (non-hydrogen) atoms. The van der Waals surface area contributed by atoms with E-state index in [1.165, 1.54) is 25.7 Å². The Kier molecular flexibility index (Phi) is 5.52. The van der Waals surface area contributed by atoms with E-state index < -0.39 is 0 Å². The van der Waals surface area contributed by atoms with Crippen LogP contribution in [0.2, 0.25) is 0 Å². The number of anilines is 1. The highest BCUT2D eigenvalue weighted by Gasteiger charge is 1.93. The zero-order valence-corrected chi connectivity index (χ0v) is 9.25. The maximum absolute atomic E-state index is 10.3. The number of hydrogen-bond acceptors (Lipinski definition) is 2. The highest BCUT2D eigenvalue weighted by molar-refractivity contribution is 5.76. The Bertz CT molecular complexity index is 279. The summed E-state index contributed by atoms with van der Waals surface area (Å²) in [6.45, 7) is 3.21. The Labute approximate surface area is 91.7 Å². The first kappa shape index (κ1) is 11.8. The van der Waals surface area contributed by atoms with Crippen LogP contribution in [-0.4, -0.2) is 12.8 Å². The van der Waals surface area contributed by atoms with E-state index in [2.05, 4.69) is 12.2 Å². The zero-order valence-electron chi connectivity index (χ0n) is 9.25. The molecule has 2 heteroatoms. The van der Waals surface area contributed by atoms with Crippen LogP contribution >= 0.6 is 0 Å². The molecule has 0 saturated carbocycles. The van der Waals surface area contributed by atoms with Crippen LogP contribution in [0.5, 0.6) is 0 Å². The van der Waals surface area contributed by atoms with Gasteiger partial charge in [-0.25, -0.2) is 0 Å². The second kappa shape index (κ2) is 7.04. The summed E-state index contributed by atoms with van der Waals surface area (Å²) in [6.07, 6.45) is 6.92. The molecule has 0 aliphatic heterocycles. The average molecular weight is 204 g/mol. The van der Waals surface area contributed by atoms with E-state index in [-0.39, 0.29) is 0 Å². The normalized spacial score (nSPS) is 9.93. The Hall–Kier alpha value is -1.31. The summed E-state index contributed by atoms with van der Waals surface area (Å²) in [4.78, 5) is 10.3. The third-order valence-corrected chi connectivity index (χ3v) is 2.36. The lowest BCUT2D eigenvalue weighted by molar-refractivity contribution is 0.563. The fourth-order valence-corrected chi connectivity index (χ4v) is 1.44. The third kappa shape index (κ3) is 4.63. The van der Waals surface area contributed by atoms with Crippen LogP contribution in [0.4, 0.5) is 5.69 Å². The Morgan fingerprint density at radius 1 is 1.13 bits per heavy atom. The minimum atomic E-state index is 0.603. The van der Waals surface area contributed by atoms with Crippen LogP contribution in [0.15, 0.2) is 24.3 Å². The SMILES string of the molecule is CCCCCCNc1ccc([C]=O)cc1. The lowest BCUT2D eigenvalue weighted by atomic mass is 10.2. The standard InChI is InChI=1S/C13H18NO/c1-2-3-4-5-10-14-13-8-6-12(11-15)7-9-13/h6-9,14H,2-5,10H2,1H3. The van der Waals surface area contributed by atoms with Crippen molar-refractivity contribution in [3.8, 4) is 0 Å². The topological polar surface area (TPSA) is 29.1 Å². The molecule has 81 valence electrons. The van der Waals surface area contributed by atoms with Crippen molar-refractivity contribution in [3.63, 3.8) is 0 Å². The van der Waals surface area contributed by atoms with Crippen LogP contribution in [0.3, 0.4) is 0 Å². The van der Waals surface area contributed by atoms with Gasteiger partial charge in [-0.2, -0.15) is 0 Å². The smallest absolute Gasteiger partial charge is 0.233 e. The van der Waals surface area contributed by atoms with Crippen LogP contribution in [0, 0.1) is 0 Å². The quantitative estimate of drug-likeness (QED) is 0.691. The molecule has 1 aromatic carbocycles. The van der Waals surface area contributed by atoms with Gasteiger partial charge in [0.25, 0.3) is 0 Å². The highest BCUT2D eigenvalue weighted by atomic mass is 16.1. The average Bonchev–Trinajstić information content (AvgIpc) is 2.30. The van der Waals surface area contributed by atoms with Crippen molar-refractivity contribution in [1.29, 1.82) is 0 Å². The van der Waals surface area contributed by atoms with Crippen LogP contribution in [0.25, 0.3) is 0 Å². The first-order valence-electron chi connectivity index (χ1n) is 5.59.